The van der Waals surface area contributed by atoms with Crippen LogP contribution in [0.15, 0.2) is 48.8 Å². The molecule has 3 nitrogen and oxygen atoms in total. The van der Waals surface area contributed by atoms with Gasteiger partial charge in [-0.05, 0) is 30.7 Å². The lowest BCUT2D eigenvalue weighted by Gasteiger charge is -2.09. The highest BCUT2D eigenvalue weighted by molar-refractivity contribution is 5.87. The van der Waals surface area contributed by atoms with Crippen molar-refractivity contribution in [2.75, 3.05) is 7.11 Å². The molecular weight excluding hydrogens is 236 g/mol. The van der Waals surface area contributed by atoms with Gasteiger partial charge in [0.2, 0.25) is 0 Å². The van der Waals surface area contributed by atoms with Crippen molar-refractivity contribution in [1.82, 2.24) is 9.97 Å². The first-order valence-corrected chi connectivity index (χ1v) is 6.14. The summed E-state index contributed by atoms with van der Waals surface area (Å²) in [7, 11) is 1.69. The number of hydrogen-bond acceptors (Lipinski definition) is 3. The van der Waals surface area contributed by atoms with Gasteiger partial charge >= 0.3 is 0 Å². The molecule has 0 aliphatic rings. The summed E-state index contributed by atoms with van der Waals surface area (Å²) in [6, 6.07) is 14.2. The van der Waals surface area contributed by atoms with Crippen LogP contribution in [0, 0.1) is 6.92 Å². The molecule has 0 fully saturated rings. The van der Waals surface area contributed by atoms with E-state index in [1.54, 1.807) is 13.4 Å². The molecule has 0 unspecified atom stereocenters. The number of aromatic nitrogens is 2. The van der Waals surface area contributed by atoms with Crippen molar-refractivity contribution < 1.29 is 4.74 Å². The summed E-state index contributed by atoms with van der Waals surface area (Å²) in [5.41, 5.74) is 4.14. The number of hydrogen-bond donors (Lipinski definition) is 0. The summed E-state index contributed by atoms with van der Waals surface area (Å²) in [6.45, 7) is 2.00. The molecule has 3 rings (SSSR count). The van der Waals surface area contributed by atoms with E-state index < -0.39 is 0 Å². The molecule has 0 saturated heterocycles. The van der Waals surface area contributed by atoms with E-state index in [4.69, 9.17) is 4.74 Å². The quantitative estimate of drug-likeness (QED) is 0.696. The largest absolute Gasteiger partial charge is 0.496 e. The number of rotatable bonds is 2. The van der Waals surface area contributed by atoms with Gasteiger partial charge in [-0.3, -0.25) is 0 Å². The summed E-state index contributed by atoms with van der Waals surface area (Å²) in [5, 5.41) is 1.07. The van der Waals surface area contributed by atoms with Crippen molar-refractivity contribution in [3.63, 3.8) is 0 Å². The molecule has 19 heavy (non-hydrogen) atoms. The Labute approximate surface area is 111 Å². The lowest BCUT2D eigenvalue weighted by Crippen LogP contribution is -1.90. The topological polar surface area (TPSA) is 35.0 Å². The van der Waals surface area contributed by atoms with Gasteiger partial charge in [-0.2, -0.15) is 0 Å². The molecule has 0 aliphatic carbocycles. The fourth-order valence-electron chi connectivity index (χ4n) is 2.24. The van der Waals surface area contributed by atoms with Crippen LogP contribution in [0.4, 0.5) is 0 Å². The Balaban J connectivity index is 2.23. The van der Waals surface area contributed by atoms with Crippen LogP contribution in [0.5, 0.6) is 5.75 Å². The first kappa shape index (κ1) is 11.7. The Bertz CT molecular complexity index is 738. The third-order valence-electron chi connectivity index (χ3n) is 3.25. The Hall–Kier alpha value is -2.42. The summed E-state index contributed by atoms with van der Waals surface area (Å²) in [5.74, 6) is 0.872. The second kappa shape index (κ2) is 4.69. The van der Waals surface area contributed by atoms with Gasteiger partial charge in [0.25, 0.3) is 0 Å². The van der Waals surface area contributed by atoms with Crippen LogP contribution >= 0.6 is 0 Å². The van der Waals surface area contributed by atoms with E-state index in [1.807, 2.05) is 31.2 Å². The van der Waals surface area contributed by atoms with Crippen molar-refractivity contribution in [3.05, 3.63) is 54.5 Å². The summed E-state index contributed by atoms with van der Waals surface area (Å²) >= 11 is 0. The summed E-state index contributed by atoms with van der Waals surface area (Å²) in [6.07, 6.45) is 1.60. The first-order chi connectivity index (χ1) is 9.29. The zero-order valence-electron chi connectivity index (χ0n) is 10.9. The van der Waals surface area contributed by atoms with E-state index in [2.05, 4.69) is 28.2 Å². The smallest absolute Gasteiger partial charge is 0.126 e. The number of aryl methyl sites for hydroxylation is 1. The minimum Gasteiger partial charge on any atom is -0.496 e. The number of nitrogens with zero attached hydrogens (tertiary/aromatic N) is 2. The highest BCUT2D eigenvalue weighted by Crippen LogP contribution is 2.31. The summed E-state index contributed by atoms with van der Waals surface area (Å²) < 4.78 is 5.41. The maximum absolute atomic E-state index is 5.41. The predicted octanol–water partition coefficient (Wildman–Crippen LogP) is 3.61. The number of para-hydroxylation sites is 1. The molecule has 0 atom stereocenters. The van der Waals surface area contributed by atoms with Gasteiger partial charge in [-0.1, -0.05) is 24.3 Å². The van der Waals surface area contributed by atoms with Crippen molar-refractivity contribution in [1.29, 1.82) is 0 Å². The Morgan fingerprint density at radius 3 is 2.68 bits per heavy atom. The van der Waals surface area contributed by atoms with Gasteiger partial charge < -0.3 is 4.74 Å². The maximum Gasteiger partial charge on any atom is 0.126 e. The first-order valence-electron chi connectivity index (χ1n) is 6.14. The minimum atomic E-state index is 0.872. The highest BCUT2D eigenvalue weighted by Gasteiger charge is 2.07. The SMILES string of the molecule is COc1ccccc1-c1ccc2ncnc(C)c2c1. The van der Waals surface area contributed by atoms with Crippen molar-refractivity contribution in [3.8, 4) is 16.9 Å². The van der Waals surface area contributed by atoms with Crippen molar-refractivity contribution in [2.45, 2.75) is 6.92 Å². The third kappa shape index (κ3) is 2.03. The molecule has 1 heterocycles. The van der Waals surface area contributed by atoms with Crippen LogP contribution in [0.2, 0.25) is 0 Å². The molecule has 3 heteroatoms. The average Bonchev–Trinajstić information content (AvgIpc) is 2.47. The van der Waals surface area contributed by atoms with Crippen molar-refractivity contribution >= 4 is 10.9 Å². The van der Waals surface area contributed by atoms with Crippen LogP contribution in [0.1, 0.15) is 5.69 Å². The molecule has 0 bridgehead atoms. The maximum atomic E-state index is 5.41. The van der Waals surface area contributed by atoms with E-state index in [1.165, 1.54) is 0 Å². The van der Waals surface area contributed by atoms with Gasteiger partial charge in [0, 0.05) is 16.6 Å². The standard InChI is InChI=1S/C16H14N2O/c1-11-14-9-12(7-8-15(14)18-10-17-11)13-5-3-4-6-16(13)19-2/h3-10H,1-2H3. The second-order valence-electron chi connectivity index (χ2n) is 4.39. The molecular formula is C16H14N2O. The third-order valence-corrected chi connectivity index (χ3v) is 3.25. The molecule has 0 spiro atoms. The molecule has 94 valence electrons. The van der Waals surface area contributed by atoms with Crippen LogP contribution in [0.25, 0.3) is 22.0 Å². The number of methoxy groups -OCH3 is 1. The number of fused-ring (bicyclic) bond motifs is 1. The summed E-state index contributed by atoms with van der Waals surface area (Å²) in [4.78, 5) is 8.52. The van der Waals surface area contributed by atoms with Crippen LogP contribution in [0.3, 0.4) is 0 Å². The van der Waals surface area contributed by atoms with E-state index in [-0.39, 0.29) is 0 Å². The number of ether oxygens (including phenoxy) is 1. The van der Waals surface area contributed by atoms with E-state index >= 15 is 0 Å². The predicted molar refractivity (Wildman–Crippen MR) is 76.3 cm³/mol. The molecule has 2 aromatic carbocycles. The van der Waals surface area contributed by atoms with Crippen LogP contribution in [-0.2, 0) is 0 Å². The van der Waals surface area contributed by atoms with Gasteiger partial charge in [0.05, 0.1) is 12.6 Å². The van der Waals surface area contributed by atoms with Gasteiger partial charge in [0.1, 0.15) is 12.1 Å². The van der Waals surface area contributed by atoms with Gasteiger partial charge in [0.15, 0.2) is 0 Å². The zero-order valence-corrected chi connectivity index (χ0v) is 10.9. The fraction of sp³-hybridized carbons (Fsp3) is 0.125. The zero-order chi connectivity index (χ0) is 13.2. The molecule has 1 aromatic heterocycles. The Morgan fingerprint density at radius 2 is 1.84 bits per heavy atom. The van der Waals surface area contributed by atoms with E-state index in [9.17, 15) is 0 Å². The van der Waals surface area contributed by atoms with Crippen LogP contribution < -0.4 is 4.74 Å². The molecule has 0 amide bonds. The average molecular weight is 250 g/mol. The molecule has 0 saturated carbocycles. The van der Waals surface area contributed by atoms with Crippen LogP contribution in [-0.4, -0.2) is 17.1 Å². The lowest BCUT2D eigenvalue weighted by atomic mass is 10.0. The monoisotopic (exact) mass is 250 g/mol. The Kier molecular flexibility index (Phi) is 2.88. The van der Waals surface area contributed by atoms with Gasteiger partial charge in [-0.25, -0.2) is 9.97 Å². The molecule has 0 aliphatic heterocycles. The molecule has 3 aromatic rings. The number of benzene rings is 2. The molecule has 0 N–H and O–H groups in total. The molecule has 0 radical (unpaired) electrons. The minimum absolute atomic E-state index is 0.872. The normalized spacial score (nSPS) is 10.6. The lowest BCUT2D eigenvalue weighted by molar-refractivity contribution is 0.416. The van der Waals surface area contributed by atoms with E-state index in [0.717, 1.165) is 33.5 Å². The highest BCUT2D eigenvalue weighted by atomic mass is 16.5. The second-order valence-corrected chi connectivity index (χ2v) is 4.39. The van der Waals surface area contributed by atoms with Gasteiger partial charge in [-0.15, -0.1) is 0 Å². The van der Waals surface area contributed by atoms with E-state index in [0.29, 0.717) is 0 Å². The van der Waals surface area contributed by atoms with Crippen molar-refractivity contribution in [2.24, 2.45) is 0 Å². The fourth-order valence-corrected chi connectivity index (χ4v) is 2.24. The Morgan fingerprint density at radius 1 is 1.00 bits per heavy atom.